The molecule has 6 heteroatoms. The van der Waals surface area contributed by atoms with Gasteiger partial charge in [0.25, 0.3) is 0 Å². The van der Waals surface area contributed by atoms with Gasteiger partial charge in [0.05, 0.1) is 5.69 Å². The van der Waals surface area contributed by atoms with Crippen LogP contribution in [0.25, 0.3) is 0 Å². The second-order valence-electron chi connectivity index (χ2n) is 3.56. The van der Waals surface area contributed by atoms with Gasteiger partial charge in [-0.1, -0.05) is 6.07 Å². The molecule has 5 nitrogen and oxygen atoms in total. The van der Waals surface area contributed by atoms with Crippen LogP contribution in [-0.4, -0.2) is 22.9 Å². The Labute approximate surface area is 95.5 Å². The molecule has 2 rings (SSSR count). The van der Waals surface area contributed by atoms with Gasteiger partial charge in [0, 0.05) is 12.8 Å². The van der Waals surface area contributed by atoms with Crippen molar-refractivity contribution in [2.24, 2.45) is 0 Å². The van der Waals surface area contributed by atoms with E-state index in [0.717, 1.165) is 11.0 Å². The largest absolute Gasteiger partial charge is 0.478 e. The number of rotatable bonds is 2. The molecule has 1 heterocycles. The van der Waals surface area contributed by atoms with Gasteiger partial charge in [-0.2, -0.15) is 0 Å². The van der Waals surface area contributed by atoms with E-state index in [4.69, 9.17) is 5.11 Å². The van der Waals surface area contributed by atoms with E-state index < -0.39 is 29.2 Å². The van der Waals surface area contributed by atoms with Gasteiger partial charge < -0.3 is 5.11 Å². The van der Waals surface area contributed by atoms with E-state index in [1.807, 2.05) is 0 Å². The van der Waals surface area contributed by atoms with Crippen LogP contribution in [0.2, 0.25) is 0 Å². The lowest BCUT2D eigenvalue weighted by atomic mass is 10.1. The van der Waals surface area contributed by atoms with Crippen LogP contribution < -0.4 is 4.90 Å². The van der Waals surface area contributed by atoms with E-state index >= 15 is 0 Å². The number of carbonyl (C=O) groups is 3. The molecule has 1 aromatic rings. The molecule has 0 bridgehead atoms. The van der Waals surface area contributed by atoms with Crippen molar-refractivity contribution in [3.63, 3.8) is 0 Å². The van der Waals surface area contributed by atoms with Gasteiger partial charge in [-0.3, -0.25) is 9.59 Å². The molecule has 1 fully saturated rings. The molecule has 1 aliphatic heterocycles. The van der Waals surface area contributed by atoms with Gasteiger partial charge >= 0.3 is 5.97 Å². The summed E-state index contributed by atoms with van der Waals surface area (Å²) in [6, 6.07) is 3.47. The predicted octanol–water partition coefficient (Wildman–Crippen LogP) is 1.18. The predicted molar refractivity (Wildman–Crippen MR) is 55.1 cm³/mol. The first-order chi connectivity index (χ1) is 8.02. The third-order valence-electron chi connectivity index (χ3n) is 2.50. The molecule has 1 aliphatic rings. The molecule has 0 aromatic heterocycles. The van der Waals surface area contributed by atoms with E-state index in [0.29, 0.717) is 0 Å². The SMILES string of the molecule is O=C(O)c1c(F)cccc1N1C(=O)CCC1=O. The molecule has 88 valence electrons. The molecule has 0 unspecified atom stereocenters. The number of carboxylic acids is 1. The van der Waals surface area contributed by atoms with E-state index in [2.05, 4.69) is 0 Å². The monoisotopic (exact) mass is 237 g/mol. The van der Waals surface area contributed by atoms with Crippen LogP contribution in [0.1, 0.15) is 23.2 Å². The molecule has 0 radical (unpaired) electrons. The van der Waals surface area contributed by atoms with E-state index in [1.54, 1.807) is 0 Å². The summed E-state index contributed by atoms with van der Waals surface area (Å²) in [5, 5.41) is 8.89. The number of hydrogen-bond donors (Lipinski definition) is 1. The minimum atomic E-state index is -1.51. The maximum Gasteiger partial charge on any atom is 0.340 e. The van der Waals surface area contributed by atoms with Crippen LogP contribution in [0.3, 0.4) is 0 Å². The van der Waals surface area contributed by atoms with Crippen molar-refractivity contribution in [1.82, 2.24) is 0 Å². The summed E-state index contributed by atoms with van der Waals surface area (Å²) in [4.78, 5) is 34.6. The van der Waals surface area contributed by atoms with Crippen molar-refractivity contribution >= 4 is 23.5 Å². The first kappa shape index (κ1) is 11.3. The number of halogens is 1. The van der Waals surface area contributed by atoms with Crippen molar-refractivity contribution in [3.05, 3.63) is 29.6 Å². The first-order valence-corrected chi connectivity index (χ1v) is 4.90. The van der Waals surface area contributed by atoms with Crippen LogP contribution in [0.5, 0.6) is 0 Å². The molecule has 1 aromatic carbocycles. The van der Waals surface area contributed by atoms with E-state index in [-0.39, 0.29) is 18.5 Å². The molecule has 0 atom stereocenters. The quantitative estimate of drug-likeness (QED) is 0.783. The summed E-state index contributed by atoms with van der Waals surface area (Å²) in [5.41, 5.74) is -0.860. The van der Waals surface area contributed by atoms with Gasteiger partial charge in [0.2, 0.25) is 11.8 Å². The number of benzene rings is 1. The molecule has 0 spiro atoms. The Morgan fingerprint density at radius 3 is 2.35 bits per heavy atom. The minimum Gasteiger partial charge on any atom is -0.478 e. The topological polar surface area (TPSA) is 74.7 Å². The number of anilines is 1. The summed E-state index contributed by atoms with van der Waals surface area (Å²) in [5.74, 6) is -3.50. The van der Waals surface area contributed by atoms with Crippen LogP contribution in [0.4, 0.5) is 10.1 Å². The second-order valence-corrected chi connectivity index (χ2v) is 3.56. The highest BCUT2D eigenvalue weighted by atomic mass is 19.1. The number of carboxylic acid groups (broad SMARTS) is 1. The lowest BCUT2D eigenvalue weighted by Gasteiger charge is -2.16. The van der Waals surface area contributed by atoms with Gasteiger partial charge in [-0.05, 0) is 12.1 Å². The molecule has 2 amide bonds. The normalized spacial score (nSPS) is 15.5. The van der Waals surface area contributed by atoms with Crippen molar-refractivity contribution in [3.8, 4) is 0 Å². The Morgan fingerprint density at radius 2 is 1.82 bits per heavy atom. The zero-order valence-electron chi connectivity index (χ0n) is 8.64. The fourth-order valence-corrected chi connectivity index (χ4v) is 1.76. The number of imide groups is 1. The molecule has 0 saturated carbocycles. The first-order valence-electron chi connectivity index (χ1n) is 4.90. The Balaban J connectivity index is 2.59. The number of aromatic carboxylic acids is 1. The van der Waals surface area contributed by atoms with E-state index in [1.165, 1.54) is 12.1 Å². The van der Waals surface area contributed by atoms with Crippen LogP contribution >= 0.6 is 0 Å². The van der Waals surface area contributed by atoms with Crippen molar-refractivity contribution in [1.29, 1.82) is 0 Å². The lowest BCUT2D eigenvalue weighted by Crippen LogP contribution is -2.30. The van der Waals surface area contributed by atoms with E-state index in [9.17, 15) is 18.8 Å². The number of nitrogens with zero attached hydrogens (tertiary/aromatic N) is 1. The van der Waals surface area contributed by atoms with Crippen LogP contribution in [-0.2, 0) is 9.59 Å². The van der Waals surface area contributed by atoms with Crippen LogP contribution in [0, 0.1) is 5.82 Å². The number of amides is 2. The van der Waals surface area contributed by atoms with Gasteiger partial charge in [-0.25, -0.2) is 14.1 Å². The molecule has 0 aliphatic carbocycles. The zero-order valence-corrected chi connectivity index (χ0v) is 8.64. The van der Waals surface area contributed by atoms with Crippen LogP contribution in [0.15, 0.2) is 18.2 Å². The standard InChI is InChI=1S/C11H8FNO4/c12-6-2-1-3-7(10(6)11(16)17)13-8(14)4-5-9(13)15/h1-3H,4-5H2,(H,16,17). The fraction of sp³-hybridized carbons (Fsp3) is 0.182. The third kappa shape index (κ3) is 1.77. The molecule has 1 N–H and O–H groups in total. The summed E-state index contributed by atoms with van der Waals surface area (Å²) < 4.78 is 13.4. The lowest BCUT2D eigenvalue weighted by molar-refractivity contribution is -0.121. The highest BCUT2D eigenvalue weighted by molar-refractivity contribution is 6.21. The fourth-order valence-electron chi connectivity index (χ4n) is 1.76. The Bertz CT molecular complexity index is 510. The van der Waals surface area contributed by atoms with Gasteiger partial charge in [0.1, 0.15) is 11.4 Å². The summed E-state index contributed by atoms with van der Waals surface area (Å²) in [7, 11) is 0. The average molecular weight is 237 g/mol. The third-order valence-corrected chi connectivity index (χ3v) is 2.50. The maximum absolute atomic E-state index is 13.4. The Hall–Kier alpha value is -2.24. The second kappa shape index (κ2) is 3.97. The summed E-state index contributed by atoms with van der Waals surface area (Å²) in [6.07, 6.45) is 0.0445. The molecule has 17 heavy (non-hydrogen) atoms. The van der Waals surface area contributed by atoms with Crippen molar-refractivity contribution in [2.45, 2.75) is 12.8 Å². The van der Waals surface area contributed by atoms with Crippen molar-refractivity contribution < 1.29 is 23.9 Å². The minimum absolute atomic E-state index is 0.0222. The Morgan fingerprint density at radius 1 is 1.24 bits per heavy atom. The highest BCUT2D eigenvalue weighted by Gasteiger charge is 2.33. The van der Waals surface area contributed by atoms with Crippen molar-refractivity contribution in [2.75, 3.05) is 4.90 Å². The van der Waals surface area contributed by atoms with Gasteiger partial charge in [-0.15, -0.1) is 0 Å². The van der Waals surface area contributed by atoms with Gasteiger partial charge in [0.15, 0.2) is 0 Å². The number of hydrogen-bond acceptors (Lipinski definition) is 3. The summed E-state index contributed by atoms with van der Waals surface area (Å²) in [6.45, 7) is 0. The molecular formula is C11H8FNO4. The zero-order chi connectivity index (χ0) is 12.6. The summed E-state index contributed by atoms with van der Waals surface area (Å²) >= 11 is 0. The maximum atomic E-state index is 13.4. The highest BCUT2D eigenvalue weighted by Crippen LogP contribution is 2.28. The smallest absolute Gasteiger partial charge is 0.340 e. The molecular weight excluding hydrogens is 229 g/mol. The molecule has 1 saturated heterocycles. The number of carbonyl (C=O) groups excluding carboxylic acids is 2. The average Bonchev–Trinajstić information content (AvgIpc) is 2.57. The Kier molecular flexibility index (Phi) is 2.63.